The number of piperidine rings is 1. The molecule has 0 aromatic carbocycles. The lowest BCUT2D eigenvalue weighted by molar-refractivity contribution is -0.135. The van der Waals surface area contributed by atoms with Gasteiger partial charge in [-0.05, 0) is 31.1 Å². The van der Waals surface area contributed by atoms with Gasteiger partial charge in [0.25, 0.3) is 0 Å². The number of hydrogen-bond donors (Lipinski definition) is 2. The number of anilines is 1. The summed E-state index contributed by atoms with van der Waals surface area (Å²) in [5.74, 6) is -0.273. The van der Waals surface area contributed by atoms with E-state index in [0.717, 1.165) is 54.3 Å². The average molecular weight is 520 g/mol. The monoisotopic (exact) mass is 519 g/mol. The van der Waals surface area contributed by atoms with Crippen LogP contribution in [0.2, 0.25) is 0 Å². The number of nitrogens with zero attached hydrogens (tertiary/aromatic N) is 6. The third kappa shape index (κ3) is 4.50. The van der Waals surface area contributed by atoms with Gasteiger partial charge in [0.15, 0.2) is 0 Å². The first-order chi connectivity index (χ1) is 18.5. The largest absolute Gasteiger partial charge is 0.387 e. The Bertz CT molecular complexity index is 1300. The molecule has 1 atom stereocenters. The van der Waals surface area contributed by atoms with Gasteiger partial charge in [-0.15, -0.1) is 0 Å². The minimum Gasteiger partial charge on any atom is -0.387 e. The lowest BCUT2D eigenvalue weighted by atomic mass is 9.99. The van der Waals surface area contributed by atoms with E-state index in [4.69, 9.17) is 9.72 Å². The van der Waals surface area contributed by atoms with Crippen LogP contribution in [0.5, 0.6) is 0 Å². The number of allylic oxidation sites excluding steroid dienone is 2. The number of aliphatic hydroxyl groups excluding tert-OH is 1. The molecule has 38 heavy (non-hydrogen) atoms. The quantitative estimate of drug-likeness (QED) is 0.618. The van der Waals surface area contributed by atoms with Crippen LogP contribution in [0.4, 0.5) is 10.5 Å². The van der Waals surface area contributed by atoms with Crippen molar-refractivity contribution in [2.24, 2.45) is 0 Å². The lowest BCUT2D eigenvalue weighted by Crippen LogP contribution is -2.54. The number of dihydropyridines is 1. The van der Waals surface area contributed by atoms with Crippen LogP contribution in [0.25, 0.3) is 16.6 Å². The predicted octanol–water partition coefficient (Wildman–Crippen LogP) is 1.14. The van der Waals surface area contributed by atoms with Gasteiger partial charge in [0.05, 0.1) is 42.8 Å². The minimum absolute atomic E-state index is 0.0732. The molecule has 6 rings (SSSR count). The summed E-state index contributed by atoms with van der Waals surface area (Å²) < 4.78 is 5.47. The van der Waals surface area contributed by atoms with Crippen molar-refractivity contribution in [1.29, 1.82) is 0 Å². The van der Waals surface area contributed by atoms with Crippen LogP contribution in [0, 0.1) is 0 Å². The molecular formula is C27H33N7O4. The maximum atomic E-state index is 13.5. The summed E-state index contributed by atoms with van der Waals surface area (Å²) in [7, 11) is 1.80. The topological polar surface area (TPSA) is 114 Å². The number of amides is 3. The van der Waals surface area contributed by atoms with Gasteiger partial charge < -0.3 is 25.0 Å². The van der Waals surface area contributed by atoms with Gasteiger partial charge in [-0.25, -0.2) is 9.78 Å². The molecule has 3 amide bonds. The molecule has 200 valence electrons. The zero-order valence-electron chi connectivity index (χ0n) is 21.5. The van der Waals surface area contributed by atoms with E-state index in [1.807, 2.05) is 29.4 Å². The second kappa shape index (κ2) is 10.3. The molecule has 6 heterocycles. The van der Waals surface area contributed by atoms with Crippen molar-refractivity contribution in [1.82, 2.24) is 30.0 Å². The first-order valence-corrected chi connectivity index (χ1v) is 13.2. The van der Waals surface area contributed by atoms with E-state index >= 15 is 0 Å². The number of likely N-dealkylation sites (tertiary alicyclic amines) is 1. The SMILES string of the molecule is CN1Cc2cnc3ccc(C4=CNC(N5CCOCC5)C=C4)nc3c2N(C2CCN(C(=O)CO)CC2)C1=O. The number of aromatic nitrogens is 2. The third-order valence-corrected chi connectivity index (χ3v) is 7.86. The molecule has 0 saturated carbocycles. The van der Waals surface area contributed by atoms with Crippen LogP contribution in [-0.2, 0) is 16.1 Å². The number of fused-ring (bicyclic) bond motifs is 3. The van der Waals surface area contributed by atoms with E-state index in [0.29, 0.717) is 38.0 Å². The van der Waals surface area contributed by atoms with Crippen molar-refractivity contribution in [3.8, 4) is 0 Å². The summed E-state index contributed by atoms with van der Waals surface area (Å²) in [5, 5.41) is 12.7. The minimum atomic E-state index is -0.492. The summed E-state index contributed by atoms with van der Waals surface area (Å²) in [6.07, 6.45) is 9.49. The number of nitrogens with one attached hydrogen (secondary N) is 1. The standard InChI is InChI=1S/C27H33N7O4/c1-31-16-19-15-28-22-4-3-21(18-2-5-23(29-14-18)32-10-12-38-13-11-32)30-25(22)26(19)34(27(31)37)20-6-8-33(9-7-20)24(36)17-35/h2-5,14-15,20,23,29,35H,6-13,16-17H2,1H3. The van der Waals surface area contributed by atoms with Crippen molar-refractivity contribution in [2.75, 3.05) is 57.9 Å². The van der Waals surface area contributed by atoms with Crippen LogP contribution in [0.15, 0.2) is 36.7 Å². The number of hydrogen-bond acceptors (Lipinski definition) is 8. The summed E-state index contributed by atoms with van der Waals surface area (Å²) in [4.78, 5) is 42.8. The number of rotatable bonds is 4. The zero-order chi connectivity index (χ0) is 26.2. The van der Waals surface area contributed by atoms with Gasteiger partial charge in [-0.3, -0.25) is 19.6 Å². The van der Waals surface area contributed by atoms with Crippen LogP contribution in [0.3, 0.4) is 0 Å². The fourth-order valence-electron chi connectivity index (χ4n) is 5.77. The van der Waals surface area contributed by atoms with Crippen molar-refractivity contribution in [3.05, 3.63) is 47.9 Å². The van der Waals surface area contributed by atoms with E-state index in [1.165, 1.54) is 0 Å². The van der Waals surface area contributed by atoms with Crippen molar-refractivity contribution >= 4 is 34.2 Å². The first kappa shape index (κ1) is 24.8. The Morgan fingerprint density at radius 1 is 1.18 bits per heavy atom. The fraction of sp³-hybridized carbons (Fsp3) is 0.481. The molecule has 4 aliphatic rings. The molecule has 0 bridgehead atoms. The highest BCUT2D eigenvalue weighted by Gasteiger charge is 2.38. The van der Waals surface area contributed by atoms with Gasteiger partial charge in [0.1, 0.15) is 12.1 Å². The van der Waals surface area contributed by atoms with E-state index < -0.39 is 6.61 Å². The molecule has 1 unspecified atom stereocenters. The Labute approximate surface area is 221 Å². The number of carbonyl (C=O) groups excluding carboxylic acids is 2. The normalized spacial score (nSPS) is 22.9. The molecule has 0 spiro atoms. The molecule has 4 aliphatic heterocycles. The summed E-state index contributed by atoms with van der Waals surface area (Å²) >= 11 is 0. The smallest absolute Gasteiger partial charge is 0.324 e. The summed E-state index contributed by atoms with van der Waals surface area (Å²) in [6.45, 7) is 4.25. The maximum absolute atomic E-state index is 13.5. The Balaban J connectivity index is 1.31. The third-order valence-electron chi connectivity index (χ3n) is 7.86. The van der Waals surface area contributed by atoms with Gasteiger partial charge in [-0.2, -0.15) is 0 Å². The Morgan fingerprint density at radius 3 is 2.68 bits per heavy atom. The van der Waals surface area contributed by atoms with E-state index in [2.05, 4.69) is 27.4 Å². The second-order valence-electron chi connectivity index (χ2n) is 10.2. The average Bonchev–Trinajstić information content (AvgIpc) is 2.98. The molecule has 0 aliphatic carbocycles. The number of ether oxygens (including phenoxy) is 1. The second-order valence-corrected chi connectivity index (χ2v) is 10.2. The van der Waals surface area contributed by atoms with Crippen molar-refractivity contribution < 1.29 is 19.4 Å². The highest BCUT2D eigenvalue weighted by molar-refractivity contribution is 6.04. The Hall–Kier alpha value is -3.54. The van der Waals surface area contributed by atoms with Gasteiger partial charge in [0, 0.05) is 62.8 Å². The number of pyridine rings is 2. The van der Waals surface area contributed by atoms with Crippen LogP contribution in [0.1, 0.15) is 24.1 Å². The molecule has 11 nitrogen and oxygen atoms in total. The number of morpholine rings is 1. The molecule has 11 heteroatoms. The molecular weight excluding hydrogens is 486 g/mol. The zero-order valence-corrected chi connectivity index (χ0v) is 21.5. The van der Waals surface area contributed by atoms with Crippen LogP contribution in [-0.4, -0.2) is 107 Å². The van der Waals surface area contributed by atoms with Crippen LogP contribution < -0.4 is 10.2 Å². The Kier molecular flexibility index (Phi) is 6.73. The molecule has 0 radical (unpaired) electrons. The predicted molar refractivity (Wildman–Crippen MR) is 142 cm³/mol. The van der Waals surface area contributed by atoms with E-state index in [-0.39, 0.29) is 24.1 Å². The first-order valence-electron chi connectivity index (χ1n) is 13.2. The fourth-order valence-corrected chi connectivity index (χ4v) is 5.77. The summed E-state index contributed by atoms with van der Waals surface area (Å²) in [6, 6.07) is 3.78. The molecule has 2 N–H and O–H groups in total. The molecule has 2 saturated heterocycles. The van der Waals surface area contributed by atoms with E-state index in [1.54, 1.807) is 16.8 Å². The summed E-state index contributed by atoms with van der Waals surface area (Å²) in [5.41, 5.74) is 4.99. The van der Waals surface area contributed by atoms with Gasteiger partial charge in [0.2, 0.25) is 5.91 Å². The Morgan fingerprint density at radius 2 is 1.97 bits per heavy atom. The highest BCUT2D eigenvalue weighted by atomic mass is 16.5. The van der Waals surface area contributed by atoms with Gasteiger partial charge >= 0.3 is 6.03 Å². The molecule has 2 aromatic heterocycles. The highest BCUT2D eigenvalue weighted by Crippen LogP contribution is 2.37. The number of aliphatic hydroxyl groups is 1. The van der Waals surface area contributed by atoms with Crippen molar-refractivity contribution in [3.63, 3.8) is 0 Å². The number of urea groups is 1. The van der Waals surface area contributed by atoms with E-state index in [9.17, 15) is 14.7 Å². The molecule has 2 aromatic rings. The number of carbonyl (C=O) groups is 2. The maximum Gasteiger partial charge on any atom is 0.324 e. The van der Waals surface area contributed by atoms with Crippen molar-refractivity contribution in [2.45, 2.75) is 31.6 Å². The van der Waals surface area contributed by atoms with Crippen LogP contribution >= 0.6 is 0 Å². The molecule has 2 fully saturated rings. The van der Waals surface area contributed by atoms with Gasteiger partial charge in [-0.1, -0.05) is 6.08 Å². The lowest BCUT2D eigenvalue weighted by Gasteiger charge is -2.43.